The normalized spacial score (nSPS) is 11.5. The van der Waals surface area contributed by atoms with Gasteiger partial charge in [0.2, 0.25) is 5.89 Å². The minimum Gasteiger partial charge on any atom is -0.419 e. The molecule has 0 bridgehead atoms. The third-order valence-electron chi connectivity index (χ3n) is 3.69. The van der Waals surface area contributed by atoms with Crippen molar-refractivity contribution in [3.05, 3.63) is 38.1 Å². The summed E-state index contributed by atoms with van der Waals surface area (Å²) in [6, 6.07) is 3.94. The molecular formula is C16H13BrN4OS3. The topological polar surface area (TPSA) is 64.7 Å². The first-order valence-electron chi connectivity index (χ1n) is 7.46. The molecule has 0 fully saturated rings. The number of thiophene rings is 2. The van der Waals surface area contributed by atoms with Gasteiger partial charge in [0.25, 0.3) is 5.89 Å². The highest BCUT2D eigenvalue weighted by atomic mass is 79.9. The molecule has 4 aromatic rings. The number of hydrogen-bond donors (Lipinski definition) is 0. The maximum absolute atomic E-state index is 5.79. The second-order valence-electron chi connectivity index (χ2n) is 5.43. The largest absolute Gasteiger partial charge is 0.419 e. The zero-order chi connectivity index (χ0) is 17.6. The van der Waals surface area contributed by atoms with Crippen LogP contribution in [0.4, 0.5) is 0 Å². The summed E-state index contributed by atoms with van der Waals surface area (Å²) in [5, 5.41) is 10.4. The molecule has 5 nitrogen and oxygen atoms in total. The van der Waals surface area contributed by atoms with E-state index in [0.717, 1.165) is 29.7 Å². The van der Waals surface area contributed by atoms with E-state index >= 15 is 0 Å². The van der Waals surface area contributed by atoms with Crippen molar-refractivity contribution < 1.29 is 4.42 Å². The van der Waals surface area contributed by atoms with Crippen molar-refractivity contribution >= 4 is 60.6 Å². The zero-order valence-electron chi connectivity index (χ0n) is 13.7. The predicted molar refractivity (Wildman–Crippen MR) is 106 cm³/mol. The van der Waals surface area contributed by atoms with E-state index in [1.165, 1.54) is 10.4 Å². The fourth-order valence-electron chi connectivity index (χ4n) is 2.39. The molecule has 0 aromatic carbocycles. The van der Waals surface area contributed by atoms with Gasteiger partial charge in [-0.05, 0) is 54.4 Å². The lowest BCUT2D eigenvalue weighted by Crippen LogP contribution is -1.92. The van der Waals surface area contributed by atoms with E-state index in [1.807, 2.05) is 19.1 Å². The van der Waals surface area contributed by atoms with E-state index in [1.54, 1.807) is 34.4 Å². The summed E-state index contributed by atoms with van der Waals surface area (Å²) in [6.45, 7) is 6.17. The molecule has 0 amide bonds. The van der Waals surface area contributed by atoms with E-state index in [2.05, 4.69) is 49.9 Å². The smallest absolute Gasteiger partial charge is 0.257 e. The summed E-state index contributed by atoms with van der Waals surface area (Å²) in [6.07, 6.45) is 0. The van der Waals surface area contributed by atoms with Crippen LogP contribution in [0.5, 0.6) is 0 Å². The van der Waals surface area contributed by atoms with Crippen LogP contribution in [0.1, 0.15) is 22.2 Å². The highest BCUT2D eigenvalue weighted by molar-refractivity contribution is 9.11. The Morgan fingerprint density at radius 2 is 1.96 bits per heavy atom. The van der Waals surface area contributed by atoms with Crippen LogP contribution in [-0.2, 0) is 5.75 Å². The molecule has 0 aliphatic carbocycles. The lowest BCUT2D eigenvalue weighted by Gasteiger charge is -2.03. The molecule has 0 spiro atoms. The molecule has 0 unspecified atom stereocenters. The minimum atomic E-state index is 0.554. The van der Waals surface area contributed by atoms with Gasteiger partial charge in [-0.3, -0.25) is 0 Å². The van der Waals surface area contributed by atoms with E-state index in [9.17, 15) is 0 Å². The number of thioether (sulfide) groups is 1. The standard InChI is InChI=1S/C16H13BrN4OS3/c1-7-8(2)24-16-13(7)15(18-9(3)19-16)23-6-12-20-21-14(22-12)10-4-5-11(17)25-10/h4-5H,6H2,1-3H3. The van der Waals surface area contributed by atoms with Gasteiger partial charge in [-0.15, -0.1) is 32.9 Å². The van der Waals surface area contributed by atoms with E-state index in [0.29, 0.717) is 17.5 Å². The first-order valence-corrected chi connectivity index (χ1v) is 10.9. The van der Waals surface area contributed by atoms with Crippen LogP contribution in [0.15, 0.2) is 25.4 Å². The molecule has 25 heavy (non-hydrogen) atoms. The average Bonchev–Trinajstić information content (AvgIpc) is 3.26. The van der Waals surface area contributed by atoms with Gasteiger partial charge in [-0.2, -0.15) is 0 Å². The Kier molecular flexibility index (Phi) is 4.65. The fourth-order valence-corrected chi connectivity index (χ4v) is 5.80. The second-order valence-corrected chi connectivity index (χ2v) is 10.1. The van der Waals surface area contributed by atoms with Gasteiger partial charge in [-0.25, -0.2) is 9.97 Å². The highest BCUT2D eigenvalue weighted by Crippen LogP contribution is 2.36. The van der Waals surface area contributed by atoms with E-state index in [4.69, 9.17) is 4.42 Å². The van der Waals surface area contributed by atoms with Gasteiger partial charge in [-0.1, -0.05) is 11.8 Å². The van der Waals surface area contributed by atoms with Crippen molar-refractivity contribution in [1.29, 1.82) is 0 Å². The van der Waals surface area contributed by atoms with Gasteiger partial charge in [0, 0.05) is 10.3 Å². The van der Waals surface area contributed by atoms with Gasteiger partial charge in [0.1, 0.15) is 15.7 Å². The van der Waals surface area contributed by atoms with Crippen molar-refractivity contribution in [2.24, 2.45) is 0 Å². The Morgan fingerprint density at radius 1 is 1.12 bits per heavy atom. The van der Waals surface area contributed by atoms with Gasteiger partial charge >= 0.3 is 0 Å². The number of halogens is 1. The first kappa shape index (κ1) is 17.1. The lowest BCUT2D eigenvalue weighted by atomic mass is 10.2. The average molecular weight is 453 g/mol. The fraction of sp³-hybridized carbons (Fsp3) is 0.250. The van der Waals surface area contributed by atoms with E-state index in [-0.39, 0.29) is 0 Å². The molecule has 128 valence electrons. The molecule has 4 aromatic heterocycles. The summed E-state index contributed by atoms with van der Waals surface area (Å²) in [7, 11) is 0. The van der Waals surface area contributed by atoms with Crippen LogP contribution in [0.3, 0.4) is 0 Å². The van der Waals surface area contributed by atoms with Gasteiger partial charge in [0.15, 0.2) is 0 Å². The monoisotopic (exact) mass is 452 g/mol. The second kappa shape index (κ2) is 6.79. The zero-order valence-corrected chi connectivity index (χ0v) is 17.7. The molecule has 4 rings (SSSR count). The van der Waals surface area contributed by atoms with Gasteiger partial charge < -0.3 is 4.42 Å². The molecule has 9 heteroatoms. The molecule has 0 N–H and O–H groups in total. The molecule has 0 aliphatic heterocycles. The molecule has 0 saturated heterocycles. The van der Waals surface area contributed by atoms with Crippen LogP contribution in [0, 0.1) is 20.8 Å². The number of nitrogens with zero attached hydrogens (tertiary/aromatic N) is 4. The molecular weight excluding hydrogens is 440 g/mol. The van der Waals surface area contributed by atoms with Crippen LogP contribution >= 0.6 is 50.4 Å². The van der Waals surface area contributed by atoms with E-state index < -0.39 is 0 Å². The molecule has 4 heterocycles. The minimum absolute atomic E-state index is 0.554. The van der Waals surface area contributed by atoms with Crippen LogP contribution in [0.2, 0.25) is 0 Å². The highest BCUT2D eigenvalue weighted by Gasteiger charge is 2.16. The molecule has 0 atom stereocenters. The SMILES string of the molecule is Cc1nc(SCc2nnc(-c3ccc(Br)s3)o2)c2c(C)c(C)sc2n1. The summed E-state index contributed by atoms with van der Waals surface area (Å²) in [4.78, 5) is 12.5. The maximum atomic E-state index is 5.79. The summed E-state index contributed by atoms with van der Waals surface area (Å²) in [5.74, 6) is 2.52. The third-order valence-corrected chi connectivity index (χ3v) is 7.36. The third kappa shape index (κ3) is 3.38. The molecule has 0 radical (unpaired) electrons. The van der Waals surface area contributed by atoms with Crippen LogP contribution in [0.25, 0.3) is 21.0 Å². The Bertz CT molecular complexity index is 1070. The Balaban J connectivity index is 1.60. The molecule has 0 saturated carbocycles. The summed E-state index contributed by atoms with van der Waals surface area (Å²) >= 11 is 8.34. The number of hydrogen-bond acceptors (Lipinski definition) is 8. The number of fused-ring (bicyclic) bond motifs is 1. The number of aryl methyl sites for hydroxylation is 3. The lowest BCUT2D eigenvalue weighted by molar-refractivity contribution is 0.529. The van der Waals surface area contributed by atoms with Crippen molar-refractivity contribution in [2.75, 3.05) is 0 Å². The molecule has 0 aliphatic rings. The Hall–Kier alpha value is -1.29. The first-order chi connectivity index (χ1) is 12.0. The van der Waals surface area contributed by atoms with Gasteiger partial charge in [0.05, 0.1) is 14.4 Å². The quantitative estimate of drug-likeness (QED) is 0.288. The van der Waals surface area contributed by atoms with Crippen LogP contribution < -0.4 is 0 Å². The van der Waals surface area contributed by atoms with Crippen LogP contribution in [-0.4, -0.2) is 20.2 Å². The number of rotatable bonds is 4. The summed E-state index contributed by atoms with van der Waals surface area (Å²) < 4.78 is 6.83. The maximum Gasteiger partial charge on any atom is 0.257 e. The van der Waals surface area contributed by atoms with Crippen molar-refractivity contribution in [3.63, 3.8) is 0 Å². The number of aromatic nitrogens is 4. The Labute approximate surface area is 165 Å². The Morgan fingerprint density at radius 3 is 2.72 bits per heavy atom. The van der Waals surface area contributed by atoms with Crippen molar-refractivity contribution in [3.8, 4) is 10.8 Å². The van der Waals surface area contributed by atoms with Crippen molar-refractivity contribution in [1.82, 2.24) is 20.2 Å². The summed E-state index contributed by atoms with van der Waals surface area (Å²) in [5.41, 5.74) is 1.25. The predicted octanol–water partition coefficient (Wildman–Crippen LogP) is 5.78. The van der Waals surface area contributed by atoms with Crippen molar-refractivity contribution in [2.45, 2.75) is 31.6 Å².